The Balaban J connectivity index is 2.24. The summed E-state index contributed by atoms with van der Waals surface area (Å²) in [6.07, 6.45) is 2.82. The second-order valence-corrected chi connectivity index (χ2v) is 3.29. The highest BCUT2D eigenvalue weighted by Crippen LogP contribution is 1.96. The van der Waals surface area contributed by atoms with E-state index in [1.54, 1.807) is 0 Å². The highest BCUT2D eigenvalue weighted by atomic mass is 15.3. The van der Waals surface area contributed by atoms with Crippen molar-refractivity contribution in [3.63, 3.8) is 0 Å². The summed E-state index contributed by atoms with van der Waals surface area (Å²) in [5.41, 5.74) is 6.73. The van der Waals surface area contributed by atoms with Gasteiger partial charge in [-0.25, -0.2) is 0 Å². The molecule has 0 saturated carbocycles. The maximum Gasteiger partial charge on any atom is 0.0492 e. The van der Waals surface area contributed by atoms with Crippen molar-refractivity contribution in [3.05, 3.63) is 18.0 Å². The number of aryl methyl sites for hydroxylation is 1. The van der Waals surface area contributed by atoms with Gasteiger partial charge in [-0.3, -0.25) is 4.68 Å². The molecule has 0 saturated heterocycles. The van der Waals surface area contributed by atoms with Gasteiger partial charge < -0.3 is 11.1 Å². The lowest BCUT2D eigenvalue weighted by molar-refractivity contribution is 0.549. The fourth-order valence-corrected chi connectivity index (χ4v) is 1.18. The summed E-state index contributed by atoms with van der Waals surface area (Å²) < 4.78 is 1.90. The SMILES string of the molecule is CC(CN)NCCc1ccnn1C. The van der Waals surface area contributed by atoms with Crippen LogP contribution in [0.2, 0.25) is 0 Å². The number of rotatable bonds is 5. The van der Waals surface area contributed by atoms with Crippen molar-refractivity contribution in [2.45, 2.75) is 19.4 Å². The average Bonchev–Trinajstić information content (AvgIpc) is 2.52. The Morgan fingerprint density at radius 3 is 3.00 bits per heavy atom. The van der Waals surface area contributed by atoms with Gasteiger partial charge in [-0.15, -0.1) is 0 Å². The zero-order valence-electron chi connectivity index (χ0n) is 8.33. The lowest BCUT2D eigenvalue weighted by Gasteiger charge is -2.10. The first-order valence-corrected chi connectivity index (χ1v) is 4.64. The molecule has 13 heavy (non-hydrogen) atoms. The fourth-order valence-electron chi connectivity index (χ4n) is 1.18. The molecule has 3 N–H and O–H groups in total. The summed E-state index contributed by atoms with van der Waals surface area (Å²) in [6.45, 7) is 3.73. The molecule has 4 nitrogen and oxygen atoms in total. The van der Waals surface area contributed by atoms with Crippen LogP contribution in [0.3, 0.4) is 0 Å². The van der Waals surface area contributed by atoms with E-state index in [0.717, 1.165) is 13.0 Å². The van der Waals surface area contributed by atoms with Crippen molar-refractivity contribution < 1.29 is 0 Å². The maximum atomic E-state index is 5.48. The van der Waals surface area contributed by atoms with Gasteiger partial charge in [0.25, 0.3) is 0 Å². The smallest absolute Gasteiger partial charge is 0.0492 e. The van der Waals surface area contributed by atoms with E-state index in [-0.39, 0.29) is 0 Å². The summed E-state index contributed by atoms with van der Waals surface area (Å²) in [5.74, 6) is 0. The Hall–Kier alpha value is -0.870. The van der Waals surface area contributed by atoms with Crippen LogP contribution < -0.4 is 11.1 Å². The van der Waals surface area contributed by atoms with E-state index in [2.05, 4.69) is 17.3 Å². The molecule has 0 aromatic carbocycles. The zero-order valence-corrected chi connectivity index (χ0v) is 8.33. The summed E-state index contributed by atoms with van der Waals surface area (Å²) in [5, 5.41) is 7.43. The lowest BCUT2D eigenvalue weighted by Crippen LogP contribution is -2.34. The number of hydrogen-bond acceptors (Lipinski definition) is 3. The first kappa shape index (κ1) is 10.2. The quantitative estimate of drug-likeness (QED) is 0.668. The standard InChI is InChI=1S/C9H18N4/c1-8(7-10)11-5-3-9-4-6-12-13(9)2/h4,6,8,11H,3,5,7,10H2,1-2H3. The molecule has 0 aliphatic heterocycles. The van der Waals surface area contributed by atoms with Gasteiger partial charge in [0.1, 0.15) is 0 Å². The molecule has 1 heterocycles. The minimum Gasteiger partial charge on any atom is -0.329 e. The molecule has 0 fully saturated rings. The third-order valence-corrected chi connectivity index (χ3v) is 2.15. The van der Waals surface area contributed by atoms with Crippen molar-refractivity contribution in [3.8, 4) is 0 Å². The molecule has 0 spiro atoms. The van der Waals surface area contributed by atoms with Crippen LogP contribution in [0.25, 0.3) is 0 Å². The molecule has 0 radical (unpaired) electrons. The summed E-state index contributed by atoms with van der Waals surface area (Å²) in [4.78, 5) is 0. The number of nitrogens with two attached hydrogens (primary N) is 1. The monoisotopic (exact) mass is 182 g/mol. The molecule has 1 aromatic heterocycles. The Labute approximate surface area is 79.1 Å². The lowest BCUT2D eigenvalue weighted by atomic mass is 10.3. The summed E-state index contributed by atoms with van der Waals surface area (Å²) in [6, 6.07) is 2.43. The van der Waals surface area contributed by atoms with E-state index in [4.69, 9.17) is 5.73 Å². The number of nitrogens with one attached hydrogen (secondary N) is 1. The van der Waals surface area contributed by atoms with Gasteiger partial charge in [-0.2, -0.15) is 5.10 Å². The Kier molecular flexibility index (Phi) is 3.92. The van der Waals surface area contributed by atoms with Gasteiger partial charge in [0.05, 0.1) is 0 Å². The van der Waals surface area contributed by atoms with E-state index in [1.807, 2.05) is 24.0 Å². The molecule has 74 valence electrons. The second-order valence-electron chi connectivity index (χ2n) is 3.29. The van der Waals surface area contributed by atoms with Gasteiger partial charge in [0, 0.05) is 44.5 Å². The normalized spacial score (nSPS) is 13.2. The fraction of sp³-hybridized carbons (Fsp3) is 0.667. The van der Waals surface area contributed by atoms with Crippen LogP contribution in [0.15, 0.2) is 12.3 Å². The molecule has 0 amide bonds. The van der Waals surface area contributed by atoms with E-state index >= 15 is 0 Å². The van der Waals surface area contributed by atoms with Crippen LogP contribution in [0, 0.1) is 0 Å². The van der Waals surface area contributed by atoms with Gasteiger partial charge >= 0.3 is 0 Å². The first-order chi connectivity index (χ1) is 6.24. The molecule has 1 atom stereocenters. The van der Waals surface area contributed by atoms with Crippen molar-refractivity contribution in [1.82, 2.24) is 15.1 Å². The van der Waals surface area contributed by atoms with E-state index in [9.17, 15) is 0 Å². The maximum absolute atomic E-state index is 5.48. The predicted octanol–water partition coefficient (Wildman–Crippen LogP) is -0.101. The molecule has 0 aliphatic carbocycles. The van der Waals surface area contributed by atoms with Crippen molar-refractivity contribution >= 4 is 0 Å². The first-order valence-electron chi connectivity index (χ1n) is 4.64. The third kappa shape index (κ3) is 3.16. The molecule has 4 heteroatoms. The Morgan fingerprint density at radius 2 is 2.46 bits per heavy atom. The molecular weight excluding hydrogens is 164 g/mol. The number of nitrogens with zero attached hydrogens (tertiary/aromatic N) is 2. The van der Waals surface area contributed by atoms with Crippen molar-refractivity contribution in [2.24, 2.45) is 12.8 Å². The molecule has 1 aromatic rings. The second kappa shape index (κ2) is 4.99. The largest absolute Gasteiger partial charge is 0.329 e. The van der Waals surface area contributed by atoms with Crippen molar-refractivity contribution in [1.29, 1.82) is 0 Å². The highest BCUT2D eigenvalue weighted by molar-refractivity contribution is 5.00. The van der Waals surface area contributed by atoms with Crippen LogP contribution in [0.1, 0.15) is 12.6 Å². The number of aromatic nitrogens is 2. The van der Waals surface area contributed by atoms with Gasteiger partial charge in [0.2, 0.25) is 0 Å². The van der Waals surface area contributed by atoms with Gasteiger partial charge in [-0.1, -0.05) is 0 Å². The van der Waals surface area contributed by atoms with E-state index < -0.39 is 0 Å². The molecule has 0 aliphatic rings. The highest BCUT2D eigenvalue weighted by Gasteiger charge is 2.00. The predicted molar refractivity (Wildman–Crippen MR) is 53.4 cm³/mol. The van der Waals surface area contributed by atoms with Crippen LogP contribution in [-0.2, 0) is 13.5 Å². The molecular formula is C9H18N4. The minimum atomic E-state index is 0.397. The Morgan fingerprint density at radius 1 is 1.69 bits per heavy atom. The van der Waals surface area contributed by atoms with E-state index in [0.29, 0.717) is 12.6 Å². The molecule has 0 bridgehead atoms. The zero-order chi connectivity index (χ0) is 9.68. The average molecular weight is 182 g/mol. The van der Waals surface area contributed by atoms with Crippen LogP contribution in [0.4, 0.5) is 0 Å². The van der Waals surface area contributed by atoms with E-state index in [1.165, 1.54) is 5.69 Å². The minimum absolute atomic E-state index is 0.397. The third-order valence-electron chi connectivity index (χ3n) is 2.15. The van der Waals surface area contributed by atoms with Crippen LogP contribution in [-0.4, -0.2) is 28.9 Å². The molecule has 1 unspecified atom stereocenters. The van der Waals surface area contributed by atoms with Gasteiger partial charge in [0.15, 0.2) is 0 Å². The van der Waals surface area contributed by atoms with Crippen molar-refractivity contribution in [2.75, 3.05) is 13.1 Å². The molecule has 1 rings (SSSR count). The number of hydrogen-bond donors (Lipinski definition) is 2. The van der Waals surface area contributed by atoms with Crippen LogP contribution in [0.5, 0.6) is 0 Å². The van der Waals surface area contributed by atoms with Gasteiger partial charge in [-0.05, 0) is 13.0 Å². The summed E-state index contributed by atoms with van der Waals surface area (Å²) >= 11 is 0. The van der Waals surface area contributed by atoms with Crippen LogP contribution >= 0.6 is 0 Å². The summed E-state index contributed by atoms with van der Waals surface area (Å²) in [7, 11) is 1.96. The topological polar surface area (TPSA) is 55.9 Å². The Bertz CT molecular complexity index is 244.